The lowest BCUT2D eigenvalue weighted by Crippen LogP contribution is -2.26. The third-order valence-electron chi connectivity index (χ3n) is 1.52. The molecule has 0 unspecified atom stereocenters. The summed E-state index contributed by atoms with van der Waals surface area (Å²) in [6.45, 7) is -0.152. The molecule has 0 aliphatic carbocycles. The molecular formula is C8H8N4O2. The molecule has 6 nitrogen and oxygen atoms in total. The Morgan fingerprint density at radius 3 is 2.79 bits per heavy atom. The predicted octanol–water partition coefficient (Wildman–Crippen LogP) is -0.131. The van der Waals surface area contributed by atoms with Gasteiger partial charge in [0.2, 0.25) is 0 Å². The maximum atomic E-state index is 10.4. The average Bonchev–Trinajstić information content (AvgIpc) is 2.17. The number of anilines is 1. The molecule has 1 aromatic heterocycles. The molecule has 1 N–H and O–H groups in total. The Labute approximate surface area is 80.4 Å². The van der Waals surface area contributed by atoms with Gasteiger partial charge in [-0.25, -0.2) is 9.97 Å². The van der Waals surface area contributed by atoms with E-state index in [1.807, 2.05) is 6.07 Å². The van der Waals surface area contributed by atoms with Crippen molar-refractivity contribution in [2.45, 2.75) is 0 Å². The van der Waals surface area contributed by atoms with Crippen LogP contribution in [0.25, 0.3) is 0 Å². The summed E-state index contributed by atoms with van der Waals surface area (Å²) >= 11 is 0. The summed E-state index contributed by atoms with van der Waals surface area (Å²) in [6.07, 6.45) is 2.66. The lowest BCUT2D eigenvalue weighted by atomic mass is 10.4. The van der Waals surface area contributed by atoms with Crippen molar-refractivity contribution in [3.8, 4) is 6.07 Å². The van der Waals surface area contributed by atoms with Crippen molar-refractivity contribution in [1.82, 2.24) is 9.97 Å². The summed E-state index contributed by atoms with van der Waals surface area (Å²) in [6, 6.07) is 1.83. The Hall–Kier alpha value is -2.16. The van der Waals surface area contributed by atoms with Crippen LogP contribution in [-0.2, 0) is 4.79 Å². The van der Waals surface area contributed by atoms with Gasteiger partial charge in [-0.3, -0.25) is 4.79 Å². The third-order valence-corrected chi connectivity index (χ3v) is 1.52. The van der Waals surface area contributed by atoms with Crippen LogP contribution >= 0.6 is 0 Å². The van der Waals surface area contributed by atoms with Crippen LogP contribution < -0.4 is 4.90 Å². The van der Waals surface area contributed by atoms with Gasteiger partial charge in [0.1, 0.15) is 18.4 Å². The first-order chi connectivity index (χ1) is 6.63. The maximum Gasteiger partial charge on any atom is 0.323 e. The molecule has 0 radical (unpaired) electrons. The fourth-order valence-electron chi connectivity index (χ4n) is 0.860. The number of aliphatic carboxylic acids is 1. The number of nitriles is 1. The highest BCUT2D eigenvalue weighted by molar-refractivity contribution is 5.72. The van der Waals surface area contributed by atoms with E-state index >= 15 is 0 Å². The van der Waals surface area contributed by atoms with Crippen molar-refractivity contribution in [2.75, 3.05) is 18.5 Å². The fourth-order valence-corrected chi connectivity index (χ4v) is 0.860. The van der Waals surface area contributed by atoms with Gasteiger partial charge in [0.15, 0.2) is 5.69 Å². The Balaban J connectivity index is 2.77. The number of likely N-dealkylation sites (N-methyl/N-ethyl adjacent to an activating group) is 1. The number of nitrogens with zero attached hydrogens (tertiary/aromatic N) is 4. The smallest absolute Gasteiger partial charge is 0.323 e. The molecule has 0 bridgehead atoms. The summed E-state index contributed by atoms with van der Waals surface area (Å²) in [5.74, 6) is -0.523. The number of hydrogen-bond acceptors (Lipinski definition) is 5. The third kappa shape index (κ3) is 2.42. The quantitative estimate of drug-likeness (QED) is 0.717. The van der Waals surface area contributed by atoms with Gasteiger partial charge in [0.25, 0.3) is 0 Å². The van der Waals surface area contributed by atoms with E-state index < -0.39 is 5.97 Å². The minimum atomic E-state index is -0.946. The molecule has 0 amide bonds. The van der Waals surface area contributed by atoms with Crippen molar-refractivity contribution >= 4 is 11.8 Å². The normalized spacial score (nSPS) is 9.14. The Morgan fingerprint density at radius 1 is 1.64 bits per heavy atom. The molecule has 0 aromatic carbocycles. The predicted molar refractivity (Wildman–Crippen MR) is 47.7 cm³/mol. The standard InChI is InChI=1S/C8H8N4O2/c1-12(5-8(13)14)7-4-10-6(2-9)3-11-7/h3-4H,5H2,1H3,(H,13,14). The van der Waals surface area contributed by atoms with Crippen LogP contribution in [-0.4, -0.2) is 34.6 Å². The molecule has 0 saturated heterocycles. The average molecular weight is 192 g/mol. The van der Waals surface area contributed by atoms with Crippen LogP contribution in [0.1, 0.15) is 5.69 Å². The number of aromatic nitrogens is 2. The number of carbonyl (C=O) groups is 1. The molecule has 72 valence electrons. The van der Waals surface area contributed by atoms with Gasteiger partial charge >= 0.3 is 5.97 Å². The van der Waals surface area contributed by atoms with Crippen molar-refractivity contribution in [3.63, 3.8) is 0 Å². The topological polar surface area (TPSA) is 90.1 Å². The van der Waals surface area contributed by atoms with E-state index in [1.54, 1.807) is 7.05 Å². The van der Waals surface area contributed by atoms with E-state index in [9.17, 15) is 4.79 Å². The first kappa shape index (κ1) is 9.92. The summed E-state index contributed by atoms with van der Waals surface area (Å²) in [4.78, 5) is 19.4. The molecular weight excluding hydrogens is 184 g/mol. The van der Waals surface area contributed by atoms with Gasteiger partial charge in [-0.15, -0.1) is 0 Å². The molecule has 0 aliphatic rings. The Morgan fingerprint density at radius 2 is 2.36 bits per heavy atom. The van der Waals surface area contributed by atoms with E-state index in [1.165, 1.54) is 17.3 Å². The van der Waals surface area contributed by atoms with Gasteiger partial charge in [-0.2, -0.15) is 5.26 Å². The van der Waals surface area contributed by atoms with Crippen LogP contribution in [0.15, 0.2) is 12.4 Å². The van der Waals surface area contributed by atoms with E-state index in [2.05, 4.69) is 9.97 Å². The molecule has 0 saturated carbocycles. The monoisotopic (exact) mass is 192 g/mol. The minimum Gasteiger partial charge on any atom is -0.480 e. The number of carboxylic acid groups (broad SMARTS) is 1. The first-order valence-electron chi connectivity index (χ1n) is 3.78. The van der Waals surface area contributed by atoms with Crippen LogP contribution in [0.5, 0.6) is 0 Å². The summed E-state index contributed by atoms with van der Waals surface area (Å²) in [7, 11) is 1.59. The molecule has 6 heteroatoms. The van der Waals surface area contributed by atoms with Crippen LogP contribution in [0, 0.1) is 11.3 Å². The lowest BCUT2D eigenvalue weighted by Gasteiger charge is -2.14. The molecule has 1 rings (SSSR count). The van der Waals surface area contributed by atoms with E-state index in [-0.39, 0.29) is 12.2 Å². The summed E-state index contributed by atoms with van der Waals surface area (Å²) in [5.41, 5.74) is 0.206. The van der Waals surface area contributed by atoms with E-state index in [0.717, 1.165) is 0 Å². The number of hydrogen-bond donors (Lipinski definition) is 1. The number of rotatable bonds is 3. The zero-order valence-corrected chi connectivity index (χ0v) is 7.51. The molecule has 0 fully saturated rings. The largest absolute Gasteiger partial charge is 0.480 e. The summed E-state index contributed by atoms with van der Waals surface area (Å²) in [5, 5.41) is 17.0. The van der Waals surface area contributed by atoms with E-state index in [4.69, 9.17) is 10.4 Å². The zero-order chi connectivity index (χ0) is 10.6. The number of carboxylic acids is 1. The van der Waals surface area contributed by atoms with Gasteiger partial charge in [0.05, 0.1) is 12.4 Å². The molecule has 0 aliphatic heterocycles. The highest BCUT2D eigenvalue weighted by Gasteiger charge is 2.06. The van der Waals surface area contributed by atoms with Gasteiger partial charge < -0.3 is 10.0 Å². The second-order valence-electron chi connectivity index (χ2n) is 2.62. The first-order valence-corrected chi connectivity index (χ1v) is 3.78. The lowest BCUT2D eigenvalue weighted by molar-refractivity contribution is -0.135. The van der Waals surface area contributed by atoms with Crippen molar-refractivity contribution in [2.24, 2.45) is 0 Å². The molecule has 0 atom stereocenters. The van der Waals surface area contributed by atoms with Crippen molar-refractivity contribution < 1.29 is 9.90 Å². The van der Waals surface area contributed by atoms with Gasteiger partial charge in [-0.05, 0) is 0 Å². The van der Waals surface area contributed by atoms with Crippen LogP contribution in [0.3, 0.4) is 0 Å². The van der Waals surface area contributed by atoms with Gasteiger partial charge in [0, 0.05) is 7.05 Å². The highest BCUT2D eigenvalue weighted by Crippen LogP contribution is 2.05. The molecule has 0 spiro atoms. The Kier molecular flexibility index (Phi) is 2.97. The fraction of sp³-hybridized carbons (Fsp3) is 0.250. The molecule has 1 heterocycles. The highest BCUT2D eigenvalue weighted by atomic mass is 16.4. The van der Waals surface area contributed by atoms with Crippen LogP contribution in [0.4, 0.5) is 5.82 Å². The van der Waals surface area contributed by atoms with Crippen molar-refractivity contribution in [1.29, 1.82) is 5.26 Å². The van der Waals surface area contributed by atoms with Crippen molar-refractivity contribution in [3.05, 3.63) is 18.1 Å². The Bertz CT molecular complexity index is 368. The second-order valence-corrected chi connectivity index (χ2v) is 2.62. The minimum absolute atomic E-state index is 0.152. The van der Waals surface area contributed by atoms with Crippen LogP contribution in [0.2, 0.25) is 0 Å². The maximum absolute atomic E-state index is 10.4. The van der Waals surface area contributed by atoms with E-state index in [0.29, 0.717) is 5.82 Å². The molecule has 14 heavy (non-hydrogen) atoms. The summed E-state index contributed by atoms with van der Waals surface area (Å²) < 4.78 is 0. The second kappa shape index (κ2) is 4.18. The molecule has 1 aromatic rings. The SMILES string of the molecule is CN(CC(=O)O)c1cnc(C#N)cn1. The zero-order valence-electron chi connectivity index (χ0n) is 7.51. The van der Waals surface area contributed by atoms with Gasteiger partial charge in [-0.1, -0.05) is 0 Å².